The van der Waals surface area contributed by atoms with E-state index in [1.807, 2.05) is 13.0 Å². The topological polar surface area (TPSA) is 55.1 Å². The van der Waals surface area contributed by atoms with Crippen LogP contribution in [0.2, 0.25) is 0 Å². The van der Waals surface area contributed by atoms with Gasteiger partial charge in [-0.2, -0.15) is 5.10 Å². The Morgan fingerprint density at radius 2 is 2.24 bits per heavy atom. The van der Waals surface area contributed by atoms with Gasteiger partial charge in [0.05, 0.1) is 11.3 Å². The van der Waals surface area contributed by atoms with E-state index in [1.165, 1.54) is 16.8 Å². The quantitative estimate of drug-likeness (QED) is 0.886. The molecule has 2 rings (SSSR count). The summed E-state index contributed by atoms with van der Waals surface area (Å²) in [6.07, 6.45) is 2.34. The maximum absolute atomic E-state index is 13.3. The minimum Gasteiger partial charge on any atom is -0.478 e. The number of aryl methyl sites for hydroxylation is 1. The van der Waals surface area contributed by atoms with Crippen LogP contribution in [0.4, 0.5) is 4.39 Å². The van der Waals surface area contributed by atoms with E-state index in [0.29, 0.717) is 5.69 Å². The van der Waals surface area contributed by atoms with Crippen molar-refractivity contribution >= 4 is 5.97 Å². The fourth-order valence-electron chi connectivity index (χ4n) is 1.65. The first kappa shape index (κ1) is 11.3. The molecule has 0 saturated carbocycles. The van der Waals surface area contributed by atoms with Crippen LogP contribution in [0.3, 0.4) is 0 Å². The van der Waals surface area contributed by atoms with Crippen molar-refractivity contribution in [1.29, 1.82) is 0 Å². The predicted octanol–water partition coefficient (Wildman–Crippen LogP) is 2.27. The molecule has 0 aliphatic carbocycles. The minimum atomic E-state index is -1.16. The Balaban J connectivity index is 2.56. The van der Waals surface area contributed by atoms with Crippen molar-refractivity contribution in [2.75, 3.05) is 0 Å². The van der Waals surface area contributed by atoms with Crippen molar-refractivity contribution in [3.63, 3.8) is 0 Å². The van der Waals surface area contributed by atoms with E-state index in [1.54, 1.807) is 6.20 Å². The first-order valence-corrected chi connectivity index (χ1v) is 5.19. The van der Waals surface area contributed by atoms with Gasteiger partial charge in [-0.3, -0.25) is 0 Å². The summed E-state index contributed by atoms with van der Waals surface area (Å²) in [7, 11) is 0. The van der Waals surface area contributed by atoms with E-state index in [-0.39, 0.29) is 5.56 Å². The monoisotopic (exact) mass is 234 g/mol. The third-order valence-electron chi connectivity index (χ3n) is 2.46. The second-order valence-corrected chi connectivity index (χ2v) is 3.59. The average molecular weight is 234 g/mol. The molecule has 0 saturated heterocycles. The molecule has 0 spiro atoms. The van der Waals surface area contributed by atoms with Gasteiger partial charge in [-0.05, 0) is 30.7 Å². The molecular formula is C12H11FN2O2. The van der Waals surface area contributed by atoms with Crippen LogP contribution in [0.1, 0.15) is 23.0 Å². The zero-order chi connectivity index (χ0) is 12.4. The molecule has 1 aromatic carbocycles. The first-order valence-electron chi connectivity index (χ1n) is 5.19. The highest BCUT2D eigenvalue weighted by Gasteiger charge is 2.10. The van der Waals surface area contributed by atoms with Gasteiger partial charge in [-0.1, -0.05) is 6.92 Å². The minimum absolute atomic E-state index is 0.0856. The molecular weight excluding hydrogens is 223 g/mol. The van der Waals surface area contributed by atoms with Crippen molar-refractivity contribution in [2.24, 2.45) is 0 Å². The number of halogens is 1. The van der Waals surface area contributed by atoms with E-state index in [2.05, 4.69) is 5.10 Å². The fourth-order valence-corrected chi connectivity index (χ4v) is 1.65. The van der Waals surface area contributed by atoms with Crippen molar-refractivity contribution < 1.29 is 14.3 Å². The Morgan fingerprint density at radius 1 is 1.47 bits per heavy atom. The zero-order valence-corrected chi connectivity index (χ0v) is 9.22. The molecule has 0 bridgehead atoms. The fraction of sp³-hybridized carbons (Fsp3) is 0.167. The summed E-state index contributed by atoms with van der Waals surface area (Å²) < 4.78 is 14.8. The van der Waals surface area contributed by atoms with Crippen molar-refractivity contribution in [1.82, 2.24) is 9.78 Å². The van der Waals surface area contributed by atoms with E-state index in [0.717, 1.165) is 18.2 Å². The number of hydrogen-bond donors (Lipinski definition) is 1. The first-order chi connectivity index (χ1) is 8.11. The van der Waals surface area contributed by atoms with Crippen LogP contribution >= 0.6 is 0 Å². The third kappa shape index (κ3) is 2.18. The molecule has 0 aliphatic heterocycles. The lowest BCUT2D eigenvalue weighted by Gasteiger charge is -2.07. The maximum Gasteiger partial charge on any atom is 0.335 e. The van der Waals surface area contributed by atoms with Crippen LogP contribution in [-0.2, 0) is 6.42 Å². The van der Waals surface area contributed by atoms with Crippen molar-refractivity contribution in [2.45, 2.75) is 13.3 Å². The second-order valence-electron chi connectivity index (χ2n) is 3.59. The number of carbonyl (C=O) groups is 1. The molecule has 1 aromatic heterocycles. The Kier molecular flexibility index (Phi) is 2.91. The molecule has 0 radical (unpaired) electrons. The van der Waals surface area contributed by atoms with Crippen LogP contribution in [0.25, 0.3) is 5.69 Å². The molecule has 1 heterocycles. The Morgan fingerprint density at radius 3 is 2.88 bits per heavy atom. The molecule has 0 unspecified atom stereocenters. The highest BCUT2D eigenvalue weighted by Crippen LogP contribution is 2.15. The molecule has 1 N–H and O–H groups in total. The Labute approximate surface area is 97.3 Å². The van der Waals surface area contributed by atoms with E-state index in [4.69, 9.17) is 5.11 Å². The standard InChI is InChI=1S/C12H11FN2O2/c1-2-10-3-4-14-15(10)11-6-8(12(16)17)5-9(13)7-11/h3-7H,2H2,1H3,(H,16,17). The summed E-state index contributed by atoms with van der Waals surface area (Å²) in [5, 5.41) is 12.9. The van der Waals surface area contributed by atoms with Gasteiger partial charge in [-0.15, -0.1) is 0 Å². The van der Waals surface area contributed by atoms with E-state index >= 15 is 0 Å². The van der Waals surface area contributed by atoms with Crippen molar-refractivity contribution in [3.05, 3.63) is 47.5 Å². The van der Waals surface area contributed by atoms with Gasteiger partial charge in [-0.25, -0.2) is 13.9 Å². The smallest absolute Gasteiger partial charge is 0.335 e. The predicted molar refractivity (Wildman–Crippen MR) is 59.9 cm³/mol. The largest absolute Gasteiger partial charge is 0.478 e. The number of aromatic nitrogens is 2. The lowest BCUT2D eigenvalue weighted by Crippen LogP contribution is -2.05. The number of hydrogen-bond acceptors (Lipinski definition) is 2. The molecule has 0 fully saturated rings. The molecule has 0 amide bonds. The maximum atomic E-state index is 13.3. The third-order valence-corrected chi connectivity index (χ3v) is 2.46. The van der Waals surface area contributed by atoms with Crippen LogP contribution < -0.4 is 0 Å². The van der Waals surface area contributed by atoms with Crippen LogP contribution in [0.5, 0.6) is 0 Å². The number of nitrogens with zero attached hydrogens (tertiary/aromatic N) is 2. The van der Waals surface area contributed by atoms with E-state index < -0.39 is 11.8 Å². The zero-order valence-electron chi connectivity index (χ0n) is 9.22. The molecule has 2 aromatic rings. The van der Waals surface area contributed by atoms with Gasteiger partial charge in [0.2, 0.25) is 0 Å². The van der Waals surface area contributed by atoms with Crippen molar-refractivity contribution in [3.8, 4) is 5.69 Å². The summed E-state index contributed by atoms with van der Waals surface area (Å²) in [6.45, 7) is 1.95. The van der Waals surface area contributed by atoms with E-state index in [9.17, 15) is 9.18 Å². The molecule has 88 valence electrons. The number of carboxylic acids is 1. The van der Waals surface area contributed by atoms with Gasteiger partial charge >= 0.3 is 5.97 Å². The van der Waals surface area contributed by atoms with Crippen LogP contribution in [0.15, 0.2) is 30.5 Å². The molecule has 5 heteroatoms. The van der Waals surface area contributed by atoms with Gasteiger partial charge in [0.1, 0.15) is 5.82 Å². The number of aromatic carboxylic acids is 1. The summed E-state index contributed by atoms with van der Waals surface area (Å²) >= 11 is 0. The van der Waals surface area contributed by atoms with Gasteiger partial charge < -0.3 is 5.11 Å². The average Bonchev–Trinajstić information content (AvgIpc) is 2.76. The summed E-state index contributed by atoms with van der Waals surface area (Å²) in [4.78, 5) is 10.8. The molecule has 0 aliphatic rings. The van der Waals surface area contributed by atoms with Crippen LogP contribution in [-0.4, -0.2) is 20.9 Å². The summed E-state index contributed by atoms with van der Waals surface area (Å²) in [6, 6.07) is 5.46. The highest BCUT2D eigenvalue weighted by molar-refractivity contribution is 5.88. The van der Waals surface area contributed by atoms with Gasteiger partial charge in [0.15, 0.2) is 0 Å². The second kappa shape index (κ2) is 4.37. The SMILES string of the molecule is CCc1ccnn1-c1cc(F)cc(C(=O)O)c1. The highest BCUT2D eigenvalue weighted by atomic mass is 19.1. The number of benzene rings is 1. The molecule has 0 atom stereocenters. The van der Waals surface area contributed by atoms with Crippen LogP contribution in [0, 0.1) is 5.82 Å². The van der Waals surface area contributed by atoms with Gasteiger partial charge in [0, 0.05) is 11.9 Å². The summed E-state index contributed by atoms with van der Waals surface area (Å²) in [5.74, 6) is -1.74. The molecule has 4 nitrogen and oxygen atoms in total. The lowest BCUT2D eigenvalue weighted by molar-refractivity contribution is 0.0696. The Hall–Kier alpha value is -2.17. The molecule has 17 heavy (non-hydrogen) atoms. The number of carboxylic acid groups (broad SMARTS) is 1. The number of rotatable bonds is 3. The Bertz CT molecular complexity index is 563. The van der Waals surface area contributed by atoms with Gasteiger partial charge in [0.25, 0.3) is 0 Å². The lowest BCUT2D eigenvalue weighted by atomic mass is 10.2. The summed E-state index contributed by atoms with van der Waals surface area (Å²) in [5.41, 5.74) is 1.23. The normalized spacial score (nSPS) is 10.5.